The summed E-state index contributed by atoms with van der Waals surface area (Å²) in [5.41, 5.74) is 4.45. The fourth-order valence-corrected chi connectivity index (χ4v) is 4.48. The van der Waals surface area contributed by atoms with E-state index in [0.717, 1.165) is 49.8 Å². The monoisotopic (exact) mass is 443 g/mol. The predicted octanol–water partition coefficient (Wildman–Crippen LogP) is 3.48. The first-order valence-electron chi connectivity index (χ1n) is 11.5. The molecule has 2 aromatic heterocycles. The van der Waals surface area contributed by atoms with Crippen LogP contribution in [0.3, 0.4) is 0 Å². The number of pyridine rings is 1. The van der Waals surface area contributed by atoms with Crippen molar-refractivity contribution < 1.29 is 9.21 Å². The second-order valence-corrected chi connectivity index (χ2v) is 8.79. The molecule has 170 valence electrons. The van der Waals surface area contributed by atoms with Gasteiger partial charge in [0.05, 0.1) is 18.5 Å². The van der Waals surface area contributed by atoms with Crippen LogP contribution in [0.5, 0.6) is 0 Å². The van der Waals surface area contributed by atoms with Crippen molar-refractivity contribution in [3.63, 3.8) is 0 Å². The first-order chi connectivity index (χ1) is 16.2. The van der Waals surface area contributed by atoms with E-state index in [1.807, 2.05) is 24.5 Å². The number of aromatic nitrogens is 1. The molecule has 0 bridgehead atoms. The third-order valence-corrected chi connectivity index (χ3v) is 6.40. The number of amides is 1. The van der Waals surface area contributed by atoms with Gasteiger partial charge in [0, 0.05) is 51.5 Å². The summed E-state index contributed by atoms with van der Waals surface area (Å²) in [7, 11) is 0. The lowest BCUT2D eigenvalue weighted by Gasteiger charge is -2.35. The van der Waals surface area contributed by atoms with E-state index < -0.39 is 0 Å². The number of hydrogen-bond donors (Lipinski definition) is 0. The van der Waals surface area contributed by atoms with Crippen molar-refractivity contribution >= 4 is 11.6 Å². The average molecular weight is 444 g/mol. The summed E-state index contributed by atoms with van der Waals surface area (Å²) in [6.45, 7) is 6.96. The van der Waals surface area contributed by atoms with Crippen LogP contribution in [0.1, 0.15) is 34.9 Å². The molecule has 1 unspecified atom stereocenters. The minimum Gasteiger partial charge on any atom is -0.467 e. The summed E-state index contributed by atoms with van der Waals surface area (Å²) >= 11 is 0. The number of carbonyl (C=O) groups is 1. The quantitative estimate of drug-likeness (QED) is 0.584. The molecule has 2 aliphatic heterocycles. The molecule has 1 fully saturated rings. The van der Waals surface area contributed by atoms with Crippen LogP contribution in [-0.4, -0.2) is 64.1 Å². The highest BCUT2D eigenvalue weighted by Crippen LogP contribution is 2.33. The topological polar surface area (TPSA) is 65.2 Å². The van der Waals surface area contributed by atoms with E-state index in [-0.39, 0.29) is 11.9 Å². The lowest BCUT2D eigenvalue weighted by molar-refractivity contribution is -0.135. The zero-order valence-corrected chi connectivity index (χ0v) is 18.9. The van der Waals surface area contributed by atoms with E-state index >= 15 is 0 Å². The standard InChI is InChI=1S/C26H29N5O2/c1-20-4-6-22(7-5-20)23-17-24(25-3-2-16-33-25)31(28-23)26(32)19-30-14-12-29(13-15-30)18-21-8-10-27-11-9-21/h2-11,16,24H,12-15,17-19H2,1H3. The Labute approximate surface area is 194 Å². The number of rotatable bonds is 6. The predicted molar refractivity (Wildman–Crippen MR) is 127 cm³/mol. The summed E-state index contributed by atoms with van der Waals surface area (Å²) in [4.78, 5) is 22.1. The van der Waals surface area contributed by atoms with Gasteiger partial charge < -0.3 is 4.42 Å². The number of hydrazone groups is 1. The van der Waals surface area contributed by atoms with Crippen LogP contribution in [0.2, 0.25) is 0 Å². The molecule has 3 aromatic rings. The highest BCUT2D eigenvalue weighted by molar-refractivity contribution is 6.03. The lowest BCUT2D eigenvalue weighted by atomic mass is 10.0. The van der Waals surface area contributed by atoms with E-state index in [4.69, 9.17) is 9.52 Å². The number of furan rings is 1. The molecule has 0 saturated carbocycles. The molecular weight excluding hydrogens is 414 g/mol. The molecule has 1 atom stereocenters. The summed E-state index contributed by atoms with van der Waals surface area (Å²) in [6, 6.07) is 16.0. The molecular formula is C26H29N5O2. The summed E-state index contributed by atoms with van der Waals surface area (Å²) in [5.74, 6) is 0.789. The largest absolute Gasteiger partial charge is 0.467 e. The molecule has 33 heavy (non-hydrogen) atoms. The summed E-state index contributed by atoms with van der Waals surface area (Å²) < 4.78 is 5.67. The number of nitrogens with zero attached hydrogens (tertiary/aromatic N) is 5. The maximum absolute atomic E-state index is 13.3. The number of carbonyl (C=O) groups excluding carboxylic acids is 1. The highest BCUT2D eigenvalue weighted by Gasteiger charge is 2.35. The zero-order chi connectivity index (χ0) is 22.6. The Bertz CT molecular complexity index is 1090. The normalized spacial score (nSPS) is 19.6. The van der Waals surface area contributed by atoms with Gasteiger partial charge in [-0.15, -0.1) is 0 Å². The van der Waals surface area contributed by atoms with Crippen molar-refractivity contribution in [2.24, 2.45) is 5.10 Å². The third kappa shape index (κ3) is 5.05. The van der Waals surface area contributed by atoms with Gasteiger partial charge in [-0.1, -0.05) is 29.8 Å². The molecule has 0 N–H and O–H groups in total. The molecule has 1 saturated heterocycles. The SMILES string of the molecule is Cc1ccc(C2=NN(C(=O)CN3CCN(Cc4ccncc4)CC3)C(c3ccco3)C2)cc1. The molecule has 1 amide bonds. The van der Waals surface area contributed by atoms with Crippen molar-refractivity contribution in [2.45, 2.75) is 25.9 Å². The van der Waals surface area contributed by atoms with Crippen LogP contribution < -0.4 is 0 Å². The fraction of sp³-hybridized carbons (Fsp3) is 0.346. The minimum absolute atomic E-state index is 0.0149. The fourth-order valence-electron chi connectivity index (χ4n) is 4.48. The van der Waals surface area contributed by atoms with Crippen molar-refractivity contribution in [1.29, 1.82) is 0 Å². The summed E-state index contributed by atoms with van der Waals surface area (Å²) in [5, 5.41) is 6.40. The maximum atomic E-state index is 13.3. The van der Waals surface area contributed by atoms with Crippen LogP contribution in [0.25, 0.3) is 0 Å². The maximum Gasteiger partial charge on any atom is 0.257 e. The smallest absolute Gasteiger partial charge is 0.257 e. The Kier molecular flexibility index (Phi) is 6.32. The van der Waals surface area contributed by atoms with Crippen molar-refractivity contribution in [3.05, 3.63) is 89.6 Å². The van der Waals surface area contributed by atoms with Gasteiger partial charge in [0.25, 0.3) is 5.91 Å². The average Bonchev–Trinajstić information content (AvgIpc) is 3.52. The molecule has 4 heterocycles. The number of benzene rings is 1. The zero-order valence-electron chi connectivity index (χ0n) is 18.9. The van der Waals surface area contributed by atoms with Crippen LogP contribution in [0, 0.1) is 6.92 Å². The highest BCUT2D eigenvalue weighted by atomic mass is 16.3. The van der Waals surface area contributed by atoms with Gasteiger partial charge in [0.15, 0.2) is 0 Å². The molecule has 7 heteroatoms. The van der Waals surface area contributed by atoms with Crippen molar-refractivity contribution in [2.75, 3.05) is 32.7 Å². The molecule has 0 spiro atoms. The van der Waals surface area contributed by atoms with Crippen LogP contribution >= 0.6 is 0 Å². The number of hydrogen-bond acceptors (Lipinski definition) is 6. The van der Waals surface area contributed by atoms with E-state index in [1.54, 1.807) is 11.3 Å². The van der Waals surface area contributed by atoms with Gasteiger partial charge in [-0.25, -0.2) is 5.01 Å². The lowest BCUT2D eigenvalue weighted by Crippen LogP contribution is -2.49. The molecule has 0 radical (unpaired) electrons. The van der Waals surface area contributed by atoms with Gasteiger partial charge in [0.1, 0.15) is 11.8 Å². The first-order valence-corrected chi connectivity index (χ1v) is 11.5. The van der Waals surface area contributed by atoms with Gasteiger partial charge in [-0.3, -0.25) is 19.6 Å². The Morgan fingerprint density at radius 2 is 1.73 bits per heavy atom. The van der Waals surface area contributed by atoms with Crippen LogP contribution in [-0.2, 0) is 11.3 Å². The third-order valence-electron chi connectivity index (χ3n) is 6.40. The van der Waals surface area contributed by atoms with E-state index in [2.05, 4.69) is 58.1 Å². The van der Waals surface area contributed by atoms with Crippen molar-refractivity contribution in [3.8, 4) is 0 Å². The molecule has 7 nitrogen and oxygen atoms in total. The van der Waals surface area contributed by atoms with Crippen LogP contribution in [0.4, 0.5) is 0 Å². The molecule has 5 rings (SSSR count). The first kappa shape index (κ1) is 21.6. The number of piperazine rings is 1. The van der Waals surface area contributed by atoms with E-state index in [9.17, 15) is 4.79 Å². The van der Waals surface area contributed by atoms with Crippen molar-refractivity contribution in [1.82, 2.24) is 19.8 Å². The van der Waals surface area contributed by atoms with Crippen LogP contribution in [0.15, 0.2) is 76.7 Å². The van der Waals surface area contributed by atoms with E-state index in [1.165, 1.54) is 11.1 Å². The second-order valence-electron chi connectivity index (χ2n) is 8.79. The van der Waals surface area contributed by atoms with Gasteiger partial charge in [-0.2, -0.15) is 5.10 Å². The Balaban J connectivity index is 1.23. The second kappa shape index (κ2) is 9.68. The van der Waals surface area contributed by atoms with Gasteiger partial charge in [-0.05, 0) is 42.3 Å². The molecule has 1 aromatic carbocycles. The summed E-state index contributed by atoms with van der Waals surface area (Å²) in [6.07, 6.45) is 5.98. The Morgan fingerprint density at radius 3 is 2.42 bits per heavy atom. The molecule has 2 aliphatic rings. The number of aryl methyl sites for hydroxylation is 1. The Morgan fingerprint density at radius 1 is 1.00 bits per heavy atom. The minimum atomic E-state index is -0.197. The van der Waals surface area contributed by atoms with E-state index in [0.29, 0.717) is 13.0 Å². The van der Waals surface area contributed by atoms with Gasteiger partial charge in [0.2, 0.25) is 0 Å². The Hall–Kier alpha value is -3.29. The molecule has 0 aliphatic carbocycles. The van der Waals surface area contributed by atoms with Gasteiger partial charge >= 0.3 is 0 Å².